The second kappa shape index (κ2) is 2.03. The van der Waals surface area contributed by atoms with E-state index in [1.54, 1.807) is 0 Å². The molecule has 1 aliphatic heterocycles. The predicted octanol–water partition coefficient (Wildman–Crippen LogP) is 0.361. The van der Waals surface area contributed by atoms with Gasteiger partial charge in [-0.15, -0.1) is 0 Å². The van der Waals surface area contributed by atoms with Gasteiger partial charge in [0.05, 0.1) is 20.1 Å². The summed E-state index contributed by atoms with van der Waals surface area (Å²) in [5.74, 6) is 0. The van der Waals surface area contributed by atoms with E-state index in [0.29, 0.717) is 0 Å². The van der Waals surface area contributed by atoms with Gasteiger partial charge in [-0.3, -0.25) is 0 Å². The van der Waals surface area contributed by atoms with E-state index < -0.39 is 0 Å². The van der Waals surface area contributed by atoms with Crippen molar-refractivity contribution in [2.45, 2.75) is 12.8 Å². The van der Waals surface area contributed by atoms with Gasteiger partial charge in [-0.2, -0.15) is 5.43 Å². The first kappa shape index (κ1) is 6.05. The van der Waals surface area contributed by atoms with Crippen LogP contribution in [0, 0.1) is 0 Å². The van der Waals surface area contributed by atoms with E-state index >= 15 is 0 Å². The molecule has 0 aromatic carbocycles. The van der Waals surface area contributed by atoms with E-state index in [9.17, 15) is 0 Å². The monoisotopic (exact) mass is 115 g/mol. The van der Waals surface area contributed by atoms with Crippen LogP contribution in [0.5, 0.6) is 0 Å². The highest BCUT2D eigenvalue weighted by Gasteiger charge is 2.24. The standard InChI is InChI=1S/C6H15N2/c1-7-8(2)5-3-4-6-8/h7H,3-6H2,1-2H3/q+1. The topological polar surface area (TPSA) is 12.0 Å². The molecule has 1 fully saturated rings. The Morgan fingerprint density at radius 1 is 1.25 bits per heavy atom. The summed E-state index contributed by atoms with van der Waals surface area (Å²) in [4.78, 5) is 0. The van der Waals surface area contributed by atoms with E-state index in [4.69, 9.17) is 0 Å². The summed E-state index contributed by atoms with van der Waals surface area (Å²) in [5.41, 5.74) is 3.28. The van der Waals surface area contributed by atoms with Gasteiger partial charge in [-0.1, -0.05) is 0 Å². The molecule has 8 heavy (non-hydrogen) atoms. The molecule has 0 aromatic heterocycles. The van der Waals surface area contributed by atoms with Crippen LogP contribution in [0.4, 0.5) is 0 Å². The van der Waals surface area contributed by atoms with Crippen LogP contribution in [0.3, 0.4) is 0 Å². The van der Waals surface area contributed by atoms with Gasteiger partial charge in [-0.05, 0) is 0 Å². The van der Waals surface area contributed by atoms with Crippen molar-refractivity contribution in [2.75, 3.05) is 27.2 Å². The molecule has 0 saturated carbocycles. The molecule has 0 amide bonds. The lowest BCUT2D eigenvalue weighted by Crippen LogP contribution is -2.50. The zero-order chi connectivity index (χ0) is 6.04. The van der Waals surface area contributed by atoms with E-state index in [-0.39, 0.29) is 0 Å². The van der Waals surface area contributed by atoms with Gasteiger partial charge in [-0.25, -0.2) is 4.59 Å². The maximum Gasteiger partial charge on any atom is 0.0962 e. The molecule has 1 saturated heterocycles. The summed E-state index contributed by atoms with van der Waals surface area (Å²) in [5, 5.41) is 0. The zero-order valence-electron chi connectivity index (χ0n) is 5.78. The maximum absolute atomic E-state index is 3.28. The lowest BCUT2D eigenvalue weighted by molar-refractivity contribution is -0.938. The summed E-state index contributed by atoms with van der Waals surface area (Å²) in [6.45, 7) is 2.60. The van der Waals surface area contributed by atoms with E-state index in [2.05, 4.69) is 12.5 Å². The highest BCUT2D eigenvalue weighted by atomic mass is 15.6. The van der Waals surface area contributed by atoms with Crippen molar-refractivity contribution in [3.05, 3.63) is 0 Å². The average molecular weight is 115 g/mol. The first-order valence-corrected chi connectivity index (χ1v) is 3.30. The van der Waals surface area contributed by atoms with Crippen molar-refractivity contribution in [1.82, 2.24) is 5.43 Å². The van der Waals surface area contributed by atoms with Crippen LogP contribution in [0.25, 0.3) is 0 Å². The molecular formula is C6H15N2+. The Hall–Kier alpha value is -0.0800. The molecule has 0 bridgehead atoms. The number of likely N-dealkylation sites (tertiary alicyclic amines) is 1. The average Bonchev–Trinajstić information content (AvgIpc) is 2.17. The fourth-order valence-corrected chi connectivity index (χ4v) is 1.26. The van der Waals surface area contributed by atoms with Crippen molar-refractivity contribution in [3.63, 3.8) is 0 Å². The number of quaternary nitrogens is 1. The lowest BCUT2D eigenvalue weighted by Gasteiger charge is -2.26. The van der Waals surface area contributed by atoms with Crippen LogP contribution in [-0.2, 0) is 0 Å². The third-order valence-electron chi connectivity index (χ3n) is 2.09. The number of hydrogen-bond acceptors (Lipinski definition) is 1. The second-order valence-corrected chi connectivity index (χ2v) is 2.77. The number of nitrogens with one attached hydrogen (secondary N) is 1. The Kier molecular flexibility index (Phi) is 1.54. The minimum absolute atomic E-state index is 1.07. The number of hydrogen-bond donors (Lipinski definition) is 1. The quantitative estimate of drug-likeness (QED) is 0.487. The third-order valence-corrected chi connectivity index (χ3v) is 2.09. The van der Waals surface area contributed by atoms with Crippen LogP contribution in [0.2, 0.25) is 0 Å². The summed E-state index contributed by atoms with van der Waals surface area (Å²) in [7, 11) is 4.28. The van der Waals surface area contributed by atoms with Gasteiger partial charge < -0.3 is 0 Å². The summed E-state index contributed by atoms with van der Waals surface area (Å²) >= 11 is 0. The number of nitrogens with zero attached hydrogens (tertiary/aromatic N) is 1. The molecule has 0 spiro atoms. The highest BCUT2D eigenvalue weighted by molar-refractivity contribution is 4.46. The molecule has 48 valence electrons. The van der Waals surface area contributed by atoms with Crippen LogP contribution >= 0.6 is 0 Å². The van der Waals surface area contributed by atoms with Gasteiger partial charge in [0.15, 0.2) is 0 Å². The Labute approximate surface area is 51.0 Å². The second-order valence-electron chi connectivity index (χ2n) is 2.77. The molecule has 2 nitrogen and oxygen atoms in total. The van der Waals surface area contributed by atoms with Crippen LogP contribution < -0.4 is 5.43 Å². The first-order valence-electron chi connectivity index (χ1n) is 3.30. The smallest absolute Gasteiger partial charge is 0.0962 e. The molecule has 1 N–H and O–H groups in total. The molecule has 1 heterocycles. The van der Waals surface area contributed by atoms with E-state index in [1.165, 1.54) is 25.9 Å². The highest BCUT2D eigenvalue weighted by Crippen LogP contribution is 2.11. The molecule has 0 unspecified atom stereocenters. The molecule has 0 aromatic rings. The van der Waals surface area contributed by atoms with Gasteiger partial charge in [0, 0.05) is 19.9 Å². The molecule has 1 aliphatic rings. The normalized spacial score (nSPS) is 26.2. The molecular weight excluding hydrogens is 100 g/mol. The van der Waals surface area contributed by atoms with Crippen molar-refractivity contribution >= 4 is 0 Å². The van der Waals surface area contributed by atoms with Gasteiger partial charge in [0.1, 0.15) is 0 Å². The van der Waals surface area contributed by atoms with Crippen LogP contribution in [0.1, 0.15) is 12.8 Å². The summed E-state index contributed by atoms with van der Waals surface area (Å²) in [6.07, 6.45) is 2.77. The molecule has 2 heteroatoms. The lowest BCUT2D eigenvalue weighted by atomic mass is 10.4. The Bertz CT molecular complexity index is 74.6. The van der Waals surface area contributed by atoms with Crippen LogP contribution in [0.15, 0.2) is 0 Å². The van der Waals surface area contributed by atoms with Gasteiger partial charge in [0.25, 0.3) is 0 Å². The minimum Gasteiger partial charge on any atom is -0.248 e. The van der Waals surface area contributed by atoms with E-state index in [1.807, 2.05) is 7.05 Å². The SMILES string of the molecule is CN[N+]1(C)CCCC1. The zero-order valence-corrected chi connectivity index (χ0v) is 5.78. The van der Waals surface area contributed by atoms with E-state index in [0.717, 1.165) is 4.59 Å². The Morgan fingerprint density at radius 3 is 2.00 bits per heavy atom. The Morgan fingerprint density at radius 2 is 1.75 bits per heavy atom. The van der Waals surface area contributed by atoms with Gasteiger partial charge >= 0.3 is 0 Å². The molecule has 0 aliphatic carbocycles. The molecule has 0 atom stereocenters. The third kappa shape index (κ3) is 1.01. The largest absolute Gasteiger partial charge is 0.248 e. The van der Waals surface area contributed by atoms with Crippen LogP contribution in [-0.4, -0.2) is 31.8 Å². The van der Waals surface area contributed by atoms with Gasteiger partial charge in [0.2, 0.25) is 0 Å². The van der Waals surface area contributed by atoms with Crippen molar-refractivity contribution in [1.29, 1.82) is 0 Å². The summed E-state index contributed by atoms with van der Waals surface area (Å²) in [6, 6.07) is 0. The molecule has 0 radical (unpaired) electrons. The Balaban J connectivity index is 2.40. The first-order chi connectivity index (χ1) is 3.77. The minimum atomic E-state index is 1.07. The molecule has 1 rings (SSSR count). The summed E-state index contributed by atoms with van der Waals surface area (Å²) < 4.78 is 1.07. The fourth-order valence-electron chi connectivity index (χ4n) is 1.26. The predicted molar refractivity (Wildman–Crippen MR) is 34.2 cm³/mol. The number of rotatable bonds is 1. The van der Waals surface area contributed by atoms with Crippen molar-refractivity contribution in [3.8, 4) is 0 Å². The van der Waals surface area contributed by atoms with Crippen molar-refractivity contribution in [2.24, 2.45) is 0 Å². The van der Waals surface area contributed by atoms with Crippen molar-refractivity contribution < 1.29 is 4.59 Å². The maximum atomic E-state index is 3.28. The fraction of sp³-hybridized carbons (Fsp3) is 1.00.